The van der Waals surface area contributed by atoms with Gasteiger partial charge in [-0.3, -0.25) is 0 Å². The van der Waals surface area contributed by atoms with Gasteiger partial charge in [0.1, 0.15) is 5.82 Å². The Morgan fingerprint density at radius 3 is 2.32 bits per heavy atom. The number of hydrogen-bond donors (Lipinski definition) is 1. The molecular weight excluding hydrogens is 313 g/mol. The summed E-state index contributed by atoms with van der Waals surface area (Å²) in [6.45, 7) is 9.75. The van der Waals surface area contributed by atoms with Crippen LogP contribution in [-0.4, -0.2) is 6.61 Å². The fourth-order valence-corrected chi connectivity index (χ4v) is 2.52. The van der Waals surface area contributed by atoms with Crippen molar-refractivity contribution in [3.8, 4) is 0 Å². The van der Waals surface area contributed by atoms with Crippen molar-refractivity contribution in [3.05, 3.63) is 59.4 Å². The maximum Gasteiger partial charge on any atom is 0.146 e. The zero-order valence-corrected chi connectivity index (χ0v) is 15.9. The van der Waals surface area contributed by atoms with E-state index in [2.05, 4.69) is 45.1 Å². The summed E-state index contributed by atoms with van der Waals surface area (Å²) in [5.74, 6) is -0.255. The van der Waals surface area contributed by atoms with E-state index in [9.17, 15) is 4.39 Å². The van der Waals surface area contributed by atoms with E-state index in [0.29, 0.717) is 18.9 Å². The highest BCUT2D eigenvalue weighted by atomic mass is 19.1. The van der Waals surface area contributed by atoms with Crippen LogP contribution in [0.5, 0.6) is 0 Å². The molecule has 136 valence electrons. The van der Waals surface area contributed by atoms with Crippen LogP contribution >= 0.6 is 0 Å². The summed E-state index contributed by atoms with van der Waals surface area (Å²) >= 11 is 0. The Kier molecular flexibility index (Phi) is 7.01. The second kappa shape index (κ2) is 9.00. The summed E-state index contributed by atoms with van der Waals surface area (Å²) < 4.78 is 19.8. The lowest BCUT2D eigenvalue weighted by Gasteiger charge is -2.18. The van der Waals surface area contributed by atoms with Crippen LogP contribution in [0.1, 0.15) is 51.7 Å². The molecule has 0 unspecified atom stereocenters. The van der Waals surface area contributed by atoms with E-state index in [4.69, 9.17) is 4.74 Å². The Bertz CT molecular complexity index is 659. The lowest BCUT2D eigenvalue weighted by Crippen LogP contribution is -2.14. The Morgan fingerprint density at radius 1 is 1.00 bits per heavy atom. The van der Waals surface area contributed by atoms with Crippen molar-refractivity contribution in [2.24, 2.45) is 5.41 Å². The molecule has 0 aromatic heterocycles. The van der Waals surface area contributed by atoms with E-state index in [0.717, 1.165) is 17.7 Å². The molecule has 2 nitrogen and oxygen atoms in total. The Hall–Kier alpha value is -1.87. The average Bonchev–Trinajstić information content (AvgIpc) is 2.56. The van der Waals surface area contributed by atoms with E-state index >= 15 is 0 Å². The number of benzene rings is 2. The third-order valence-corrected chi connectivity index (χ3v) is 3.89. The highest BCUT2D eigenvalue weighted by Gasteiger charge is 2.11. The fraction of sp³-hybridized carbons (Fsp3) is 0.455. The molecule has 0 fully saturated rings. The van der Waals surface area contributed by atoms with Crippen molar-refractivity contribution in [1.29, 1.82) is 0 Å². The number of unbranched alkanes of at least 4 members (excludes halogenated alkanes) is 1. The largest absolute Gasteiger partial charge is 0.376 e. The van der Waals surface area contributed by atoms with Gasteiger partial charge in [0.15, 0.2) is 0 Å². The summed E-state index contributed by atoms with van der Waals surface area (Å²) in [7, 11) is 0. The van der Waals surface area contributed by atoms with Gasteiger partial charge in [-0.15, -0.1) is 0 Å². The van der Waals surface area contributed by atoms with Crippen LogP contribution in [0.25, 0.3) is 0 Å². The standard InChI is InChI=1S/C22H30FNO/c1-5-6-7-17-8-11-19(12-9-17)24-21-14-18(10-13-20(21)23)15-25-16-22(2,3)4/h8-14,24H,5-7,15-16H2,1-4H3. The average molecular weight is 343 g/mol. The quantitative estimate of drug-likeness (QED) is 0.592. The van der Waals surface area contributed by atoms with Gasteiger partial charge in [-0.25, -0.2) is 4.39 Å². The molecule has 0 aliphatic carbocycles. The zero-order valence-electron chi connectivity index (χ0n) is 15.9. The monoisotopic (exact) mass is 343 g/mol. The molecule has 2 rings (SSSR count). The van der Waals surface area contributed by atoms with Crippen molar-refractivity contribution in [2.45, 2.75) is 53.6 Å². The van der Waals surface area contributed by atoms with Crippen molar-refractivity contribution >= 4 is 11.4 Å². The molecule has 0 bridgehead atoms. The Balaban J connectivity index is 1.99. The smallest absolute Gasteiger partial charge is 0.146 e. The van der Waals surface area contributed by atoms with Gasteiger partial charge in [0, 0.05) is 5.69 Å². The summed E-state index contributed by atoms with van der Waals surface area (Å²) in [6.07, 6.45) is 3.47. The summed E-state index contributed by atoms with van der Waals surface area (Å²) in [6, 6.07) is 13.3. The molecular formula is C22H30FNO. The lowest BCUT2D eigenvalue weighted by molar-refractivity contribution is 0.0599. The van der Waals surface area contributed by atoms with Gasteiger partial charge in [0.2, 0.25) is 0 Å². The summed E-state index contributed by atoms with van der Waals surface area (Å²) in [5, 5.41) is 3.17. The Labute approximate surface area is 151 Å². The number of rotatable bonds is 8. The molecule has 3 heteroatoms. The number of aryl methyl sites for hydroxylation is 1. The van der Waals surface area contributed by atoms with Gasteiger partial charge >= 0.3 is 0 Å². The van der Waals surface area contributed by atoms with Crippen molar-refractivity contribution < 1.29 is 9.13 Å². The molecule has 0 saturated heterocycles. The molecule has 1 N–H and O–H groups in total. The molecule has 0 saturated carbocycles. The van der Waals surface area contributed by atoms with Crippen molar-refractivity contribution in [3.63, 3.8) is 0 Å². The molecule has 2 aromatic rings. The molecule has 2 aromatic carbocycles. The van der Waals surface area contributed by atoms with Gasteiger partial charge in [0.05, 0.1) is 18.9 Å². The molecule has 0 spiro atoms. The first-order chi connectivity index (χ1) is 11.9. The lowest BCUT2D eigenvalue weighted by atomic mass is 9.99. The molecule has 0 heterocycles. The molecule has 0 atom stereocenters. The minimum atomic E-state index is -0.255. The number of nitrogens with one attached hydrogen (secondary N) is 1. The van der Waals surface area contributed by atoms with Gasteiger partial charge in [-0.1, -0.05) is 52.3 Å². The second-order valence-electron chi connectivity index (χ2n) is 7.79. The maximum absolute atomic E-state index is 14.1. The van der Waals surface area contributed by atoms with Gasteiger partial charge < -0.3 is 10.1 Å². The van der Waals surface area contributed by atoms with E-state index in [1.54, 1.807) is 6.07 Å². The van der Waals surface area contributed by atoms with Gasteiger partial charge in [-0.2, -0.15) is 0 Å². The second-order valence-corrected chi connectivity index (χ2v) is 7.79. The first-order valence-corrected chi connectivity index (χ1v) is 9.09. The van der Waals surface area contributed by atoms with E-state index in [-0.39, 0.29) is 11.2 Å². The minimum Gasteiger partial charge on any atom is -0.376 e. The van der Waals surface area contributed by atoms with Crippen LogP contribution in [0, 0.1) is 11.2 Å². The number of ether oxygens (including phenoxy) is 1. The Morgan fingerprint density at radius 2 is 1.68 bits per heavy atom. The molecule has 0 amide bonds. The van der Waals surface area contributed by atoms with Crippen LogP contribution in [0.2, 0.25) is 0 Å². The third kappa shape index (κ3) is 6.87. The predicted molar refractivity (Wildman–Crippen MR) is 104 cm³/mol. The van der Waals surface area contributed by atoms with Crippen molar-refractivity contribution in [1.82, 2.24) is 0 Å². The fourth-order valence-electron chi connectivity index (χ4n) is 2.52. The summed E-state index contributed by atoms with van der Waals surface area (Å²) in [5.41, 5.74) is 3.79. The first kappa shape index (κ1) is 19.5. The maximum atomic E-state index is 14.1. The molecule has 0 aliphatic rings. The SMILES string of the molecule is CCCCc1ccc(Nc2cc(COCC(C)(C)C)ccc2F)cc1. The highest BCUT2D eigenvalue weighted by molar-refractivity contribution is 5.61. The third-order valence-electron chi connectivity index (χ3n) is 3.89. The van der Waals surface area contributed by atoms with E-state index in [1.165, 1.54) is 24.5 Å². The van der Waals surface area contributed by atoms with Crippen LogP contribution in [0.3, 0.4) is 0 Å². The number of halogens is 1. The van der Waals surface area contributed by atoms with Gasteiger partial charge in [0.25, 0.3) is 0 Å². The normalized spacial score (nSPS) is 11.6. The zero-order chi connectivity index (χ0) is 18.3. The number of hydrogen-bond acceptors (Lipinski definition) is 2. The minimum absolute atomic E-state index is 0.126. The number of anilines is 2. The molecule has 0 radical (unpaired) electrons. The van der Waals surface area contributed by atoms with Crippen LogP contribution in [0.4, 0.5) is 15.8 Å². The summed E-state index contributed by atoms with van der Waals surface area (Å²) in [4.78, 5) is 0. The first-order valence-electron chi connectivity index (χ1n) is 9.09. The topological polar surface area (TPSA) is 21.3 Å². The molecule has 25 heavy (non-hydrogen) atoms. The van der Waals surface area contributed by atoms with E-state index < -0.39 is 0 Å². The van der Waals surface area contributed by atoms with Crippen LogP contribution in [-0.2, 0) is 17.8 Å². The molecule has 0 aliphatic heterocycles. The van der Waals surface area contributed by atoms with Crippen LogP contribution in [0.15, 0.2) is 42.5 Å². The highest BCUT2D eigenvalue weighted by Crippen LogP contribution is 2.23. The van der Waals surface area contributed by atoms with Gasteiger partial charge in [-0.05, 0) is 53.6 Å². The van der Waals surface area contributed by atoms with Crippen LogP contribution < -0.4 is 5.32 Å². The van der Waals surface area contributed by atoms with Crippen molar-refractivity contribution in [2.75, 3.05) is 11.9 Å². The van der Waals surface area contributed by atoms with E-state index in [1.807, 2.05) is 18.2 Å². The predicted octanol–water partition coefficient (Wildman–Crippen LogP) is 6.47.